The Hall–Kier alpha value is -1.87. The third-order valence-corrected chi connectivity index (χ3v) is 6.14. The monoisotopic (exact) mass is 367 g/mol. The molecule has 0 unspecified atom stereocenters. The number of amides is 1. The van der Waals surface area contributed by atoms with Crippen molar-refractivity contribution in [1.29, 1.82) is 0 Å². The zero-order valence-electron chi connectivity index (χ0n) is 16.9. The maximum Gasteiger partial charge on any atom is 0.222 e. The molecule has 3 heteroatoms. The van der Waals surface area contributed by atoms with E-state index in [9.17, 15) is 9.90 Å². The summed E-state index contributed by atoms with van der Waals surface area (Å²) < 4.78 is 0. The lowest BCUT2D eigenvalue weighted by atomic mass is 9.88. The van der Waals surface area contributed by atoms with E-state index in [4.69, 9.17) is 0 Å². The molecule has 0 spiro atoms. The van der Waals surface area contributed by atoms with Gasteiger partial charge in [0.1, 0.15) is 0 Å². The number of hydrogen-bond donors (Lipinski definition) is 1. The van der Waals surface area contributed by atoms with E-state index in [1.807, 2.05) is 14.1 Å². The molecule has 3 rings (SSSR count). The van der Waals surface area contributed by atoms with Gasteiger partial charge in [0.25, 0.3) is 0 Å². The molecule has 1 fully saturated rings. The first-order valence-corrected chi connectivity index (χ1v) is 10.3. The van der Waals surface area contributed by atoms with Crippen molar-refractivity contribution in [3.8, 4) is 0 Å². The molecule has 1 amide bonds. The van der Waals surface area contributed by atoms with Crippen LogP contribution < -0.4 is 0 Å². The SMILES string of the molecule is Cc1cccc(/C=C/[C@@H]2[C@H]3CC(CCCCC(=O)N(C)C)=C[C@H]3C[C@H]2O)c1. The minimum atomic E-state index is -0.225. The van der Waals surface area contributed by atoms with E-state index in [2.05, 4.69) is 49.4 Å². The van der Waals surface area contributed by atoms with Crippen LogP contribution >= 0.6 is 0 Å². The highest BCUT2D eigenvalue weighted by atomic mass is 16.3. The number of carbonyl (C=O) groups is 1. The molecule has 1 aromatic rings. The van der Waals surface area contributed by atoms with Gasteiger partial charge in [-0.15, -0.1) is 0 Å². The Labute approximate surface area is 163 Å². The fourth-order valence-electron chi connectivity index (χ4n) is 4.64. The van der Waals surface area contributed by atoms with E-state index in [-0.39, 0.29) is 17.9 Å². The fourth-order valence-corrected chi connectivity index (χ4v) is 4.64. The summed E-state index contributed by atoms with van der Waals surface area (Å²) in [4.78, 5) is 13.3. The molecule has 2 aliphatic rings. The number of unbranched alkanes of at least 4 members (excludes halogenated alkanes) is 1. The zero-order valence-corrected chi connectivity index (χ0v) is 16.9. The molecule has 0 aliphatic heterocycles. The maximum absolute atomic E-state index is 11.7. The third kappa shape index (κ3) is 5.10. The van der Waals surface area contributed by atoms with E-state index in [0.717, 1.165) is 32.1 Å². The molecule has 0 radical (unpaired) electrons. The first-order valence-electron chi connectivity index (χ1n) is 10.3. The summed E-state index contributed by atoms with van der Waals surface area (Å²) in [7, 11) is 3.64. The lowest BCUT2D eigenvalue weighted by Crippen LogP contribution is -2.21. The van der Waals surface area contributed by atoms with Gasteiger partial charge in [-0.3, -0.25) is 4.79 Å². The summed E-state index contributed by atoms with van der Waals surface area (Å²) in [6, 6.07) is 8.49. The van der Waals surface area contributed by atoms with Crippen molar-refractivity contribution in [1.82, 2.24) is 4.90 Å². The predicted octanol–water partition coefficient (Wildman–Crippen LogP) is 4.60. The lowest BCUT2D eigenvalue weighted by Gasteiger charge is -2.18. The van der Waals surface area contributed by atoms with Crippen LogP contribution in [0.4, 0.5) is 0 Å². The molecule has 1 aromatic carbocycles. The highest BCUT2D eigenvalue weighted by molar-refractivity contribution is 5.75. The Morgan fingerprint density at radius 1 is 1.30 bits per heavy atom. The number of benzene rings is 1. The topological polar surface area (TPSA) is 40.5 Å². The normalized spacial score (nSPS) is 27.0. The number of carbonyl (C=O) groups excluding carboxylic acids is 1. The second-order valence-corrected chi connectivity index (χ2v) is 8.51. The summed E-state index contributed by atoms with van der Waals surface area (Å²) in [6.07, 6.45) is 12.4. The predicted molar refractivity (Wildman–Crippen MR) is 111 cm³/mol. The van der Waals surface area contributed by atoms with Crippen LogP contribution in [0.25, 0.3) is 6.08 Å². The molecule has 0 bridgehead atoms. The van der Waals surface area contributed by atoms with E-state index < -0.39 is 0 Å². The molecule has 27 heavy (non-hydrogen) atoms. The quantitative estimate of drug-likeness (QED) is 0.565. The summed E-state index contributed by atoms with van der Waals surface area (Å²) in [5, 5.41) is 10.5. The van der Waals surface area contributed by atoms with Gasteiger partial charge in [-0.1, -0.05) is 53.6 Å². The van der Waals surface area contributed by atoms with Gasteiger partial charge in [0, 0.05) is 26.4 Å². The third-order valence-electron chi connectivity index (χ3n) is 6.14. The Morgan fingerprint density at radius 3 is 2.85 bits per heavy atom. The van der Waals surface area contributed by atoms with Crippen LogP contribution in [0.1, 0.15) is 49.7 Å². The van der Waals surface area contributed by atoms with Crippen LogP contribution in [0.3, 0.4) is 0 Å². The number of aryl methyl sites for hydroxylation is 1. The van der Waals surface area contributed by atoms with E-state index in [1.165, 1.54) is 16.7 Å². The number of aliphatic hydroxyl groups is 1. The number of allylic oxidation sites excluding steroid dienone is 2. The molecule has 146 valence electrons. The number of nitrogens with zero attached hydrogens (tertiary/aromatic N) is 1. The van der Waals surface area contributed by atoms with Crippen LogP contribution in [0.2, 0.25) is 0 Å². The van der Waals surface area contributed by atoms with Crippen molar-refractivity contribution in [2.75, 3.05) is 14.1 Å². The van der Waals surface area contributed by atoms with Crippen molar-refractivity contribution in [3.05, 3.63) is 53.1 Å². The average molecular weight is 368 g/mol. The molecular weight excluding hydrogens is 334 g/mol. The summed E-state index contributed by atoms with van der Waals surface area (Å²) in [6.45, 7) is 2.11. The van der Waals surface area contributed by atoms with Gasteiger partial charge in [-0.2, -0.15) is 0 Å². The molecule has 1 saturated carbocycles. The van der Waals surface area contributed by atoms with Gasteiger partial charge in [0.15, 0.2) is 0 Å². The number of fused-ring (bicyclic) bond motifs is 1. The van der Waals surface area contributed by atoms with Gasteiger partial charge >= 0.3 is 0 Å². The van der Waals surface area contributed by atoms with Crippen molar-refractivity contribution in [3.63, 3.8) is 0 Å². The second-order valence-electron chi connectivity index (χ2n) is 8.51. The van der Waals surface area contributed by atoms with Gasteiger partial charge in [-0.05, 0) is 56.4 Å². The number of rotatable bonds is 7. The van der Waals surface area contributed by atoms with Crippen LogP contribution in [0.5, 0.6) is 0 Å². The number of hydrogen-bond acceptors (Lipinski definition) is 2. The smallest absolute Gasteiger partial charge is 0.222 e. The van der Waals surface area contributed by atoms with Gasteiger partial charge in [0.2, 0.25) is 5.91 Å². The first-order chi connectivity index (χ1) is 12.9. The summed E-state index contributed by atoms with van der Waals surface area (Å²) >= 11 is 0. The van der Waals surface area contributed by atoms with Crippen molar-refractivity contribution < 1.29 is 9.90 Å². The van der Waals surface area contributed by atoms with E-state index in [0.29, 0.717) is 18.3 Å². The molecule has 2 aliphatic carbocycles. The lowest BCUT2D eigenvalue weighted by molar-refractivity contribution is -0.128. The minimum Gasteiger partial charge on any atom is -0.392 e. The van der Waals surface area contributed by atoms with Crippen LogP contribution in [-0.4, -0.2) is 36.1 Å². The van der Waals surface area contributed by atoms with Gasteiger partial charge < -0.3 is 10.0 Å². The highest BCUT2D eigenvalue weighted by Gasteiger charge is 2.43. The first kappa shape index (κ1) is 19.9. The van der Waals surface area contributed by atoms with Crippen LogP contribution in [-0.2, 0) is 4.79 Å². The van der Waals surface area contributed by atoms with Crippen molar-refractivity contribution >= 4 is 12.0 Å². The molecule has 1 N–H and O–H groups in total. The Morgan fingerprint density at radius 2 is 2.11 bits per heavy atom. The standard InChI is InChI=1S/C24H33NO2/c1-17-7-6-9-18(13-17)11-12-21-22-15-19(14-20(22)16-23(21)26)8-4-5-10-24(27)25(2)3/h6-7,9,11-14,20-23,26H,4-5,8,10,15-16H2,1-3H3/b12-11+/t20-,21+,22-,23+/m0/s1. The Bertz CT molecular complexity index is 719. The number of aliphatic hydroxyl groups excluding tert-OH is 1. The zero-order chi connectivity index (χ0) is 19.4. The molecule has 0 saturated heterocycles. The molecule has 0 heterocycles. The van der Waals surface area contributed by atoms with Crippen LogP contribution in [0, 0.1) is 24.7 Å². The van der Waals surface area contributed by atoms with Gasteiger partial charge in [0.05, 0.1) is 6.10 Å². The van der Waals surface area contributed by atoms with E-state index >= 15 is 0 Å². The average Bonchev–Trinajstić information content (AvgIpc) is 3.13. The van der Waals surface area contributed by atoms with E-state index in [1.54, 1.807) is 4.90 Å². The summed E-state index contributed by atoms with van der Waals surface area (Å²) in [5.74, 6) is 1.53. The van der Waals surface area contributed by atoms with Crippen molar-refractivity contribution in [2.45, 2.75) is 51.6 Å². The molecule has 0 aromatic heterocycles. The van der Waals surface area contributed by atoms with Crippen LogP contribution in [0.15, 0.2) is 42.0 Å². The van der Waals surface area contributed by atoms with Crippen molar-refractivity contribution in [2.24, 2.45) is 17.8 Å². The largest absolute Gasteiger partial charge is 0.392 e. The Balaban J connectivity index is 1.51. The minimum absolute atomic E-state index is 0.219. The Kier molecular flexibility index (Phi) is 6.54. The van der Waals surface area contributed by atoms with Gasteiger partial charge in [-0.25, -0.2) is 0 Å². The molecule has 3 nitrogen and oxygen atoms in total. The second kappa shape index (κ2) is 8.88. The highest BCUT2D eigenvalue weighted by Crippen LogP contribution is 2.48. The molecular formula is C24H33NO2. The fraction of sp³-hybridized carbons (Fsp3) is 0.542. The molecule has 4 atom stereocenters. The maximum atomic E-state index is 11.7. The summed E-state index contributed by atoms with van der Waals surface area (Å²) in [5.41, 5.74) is 4.00.